The number of anilines is 1. The quantitative estimate of drug-likeness (QED) is 0.788. The monoisotopic (exact) mass is 306 g/mol. The first-order valence-corrected chi connectivity index (χ1v) is 5.72. The third-order valence-electron chi connectivity index (χ3n) is 2.02. The minimum Gasteiger partial charge on any atom is -0.484 e. The molecule has 116 valence electrons. The second-order valence-corrected chi connectivity index (χ2v) is 3.94. The van der Waals surface area contributed by atoms with Crippen molar-refractivity contribution in [2.24, 2.45) is 5.73 Å². The largest absolute Gasteiger partial charge is 0.484 e. The van der Waals surface area contributed by atoms with Gasteiger partial charge in [-0.05, 0) is 24.3 Å². The van der Waals surface area contributed by atoms with Crippen molar-refractivity contribution < 1.29 is 32.2 Å². The molecule has 0 atom stereocenters. The SMILES string of the molecule is NC(=O)COc1ccc(NC(=O)COCC(F)(F)F)cc1. The van der Waals surface area contributed by atoms with Crippen LogP contribution in [0.1, 0.15) is 0 Å². The van der Waals surface area contributed by atoms with Crippen molar-refractivity contribution in [2.45, 2.75) is 6.18 Å². The van der Waals surface area contributed by atoms with Crippen molar-refractivity contribution in [3.05, 3.63) is 24.3 Å². The molecule has 0 unspecified atom stereocenters. The van der Waals surface area contributed by atoms with Gasteiger partial charge in [-0.25, -0.2) is 0 Å². The Morgan fingerprint density at radius 1 is 1.14 bits per heavy atom. The second-order valence-electron chi connectivity index (χ2n) is 3.94. The van der Waals surface area contributed by atoms with E-state index < -0.39 is 31.2 Å². The van der Waals surface area contributed by atoms with Crippen LogP contribution in [0.25, 0.3) is 0 Å². The first-order valence-electron chi connectivity index (χ1n) is 5.72. The average Bonchev–Trinajstić information content (AvgIpc) is 2.36. The summed E-state index contributed by atoms with van der Waals surface area (Å²) < 4.78 is 44.6. The number of nitrogens with one attached hydrogen (secondary N) is 1. The highest BCUT2D eigenvalue weighted by Crippen LogP contribution is 2.16. The Morgan fingerprint density at radius 2 is 1.76 bits per heavy atom. The molecule has 0 bridgehead atoms. The molecule has 0 saturated heterocycles. The molecule has 0 aliphatic rings. The molecule has 3 N–H and O–H groups in total. The van der Waals surface area contributed by atoms with Crippen molar-refractivity contribution >= 4 is 17.5 Å². The molecule has 0 aliphatic heterocycles. The molecular formula is C12H13F3N2O4. The molecule has 0 saturated carbocycles. The summed E-state index contributed by atoms with van der Waals surface area (Å²) in [4.78, 5) is 21.8. The predicted octanol–water partition coefficient (Wildman–Crippen LogP) is 1.07. The predicted molar refractivity (Wildman–Crippen MR) is 66.6 cm³/mol. The highest BCUT2D eigenvalue weighted by atomic mass is 19.4. The molecule has 0 spiro atoms. The van der Waals surface area contributed by atoms with Crippen LogP contribution in [0.2, 0.25) is 0 Å². The van der Waals surface area contributed by atoms with Gasteiger partial charge in [0.1, 0.15) is 19.0 Å². The summed E-state index contributed by atoms with van der Waals surface area (Å²) in [6, 6.07) is 5.85. The Morgan fingerprint density at radius 3 is 2.29 bits per heavy atom. The molecule has 0 aliphatic carbocycles. The molecule has 0 heterocycles. The highest BCUT2D eigenvalue weighted by molar-refractivity contribution is 5.91. The van der Waals surface area contributed by atoms with Crippen LogP contribution in [0.3, 0.4) is 0 Å². The van der Waals surface area contributed by atoms with E-state index in [2.05, 4.69) is 10.1 Å². The number of primary amides is 1. The molecule has 1 aromatic rings. The van der Waals surface area contributed by atoms with Crippen molar-refractivity contribution in [1.29, 1.82) is 0 Å². The molecule has 1 rings (SSSR count). The van der Waals surface area contributed by atoms with Gasteiger partial charge in [-0.2, -0.15) is 13.2 Å². The van der Waals surface area contributed by atoms with Crippen molar-refractivity contribution in [1.82, 2.24) is 0 Å². The summed E-state index contributed by atoms with van der Waals surface area (Å²) in [5.41, 5.74) is 5.25. The fourth-order valence-corrected chi connectivity index (χ4v) is 1.25. The molecule has 0 fully saturated rings. The summed E-state index contributed by atoms with van der Waals surface area (Å²) in [5.74, 6) is -0.987. The number of rotatable bonds is 7. The Bertz CT molecular complexity index is 488. The Hall–Kier alpha value is -2.29. The number of amides is 2. The lowest BCUT2D eigenvalue weighted by atomic mass is 10.3. The molecule has 21 heavy (non-hydrogen) atoms. The fraction of sp³-hybridized carbons (Fsp3) is 0.333. The number of carbonyl (C=O) groups excluding carboxylic acids is 2. The van der Waals surface area contributed by atoms with Crippen LogP contribution in [0, 0.1) is 0 Å². The Kier molecular flexibility index (Phi) is 5.97. The van der Waals surface area contributed by atoms with E-state index >= 15 is 0 Å². The van der Waals surface area contributed by atoms with Crippen LogP contribution < -0.4 is 15.8 Å². The van der Waals surface area contributed by atoms with Crippen molar-refractivity contribution in [3.63, 3.8) is 0 Å². The zero-order chi connectivity index (χ0) is 15.9. The van der Waals surface area contributed by atoms with E-state index in [-0.39, 0.29) is 6.61 Å². The lowest BCUT2D eigenvalue weighted by Gasteiger charge is -2.09. The fourth-order valence-electron chi connectivity index (χ4n) is 1.25. The Balaban J connectivity index is 2.37. The number of halogens is 3. The number of ether oxygens (including phenoxy) is 2. The van der Waals surface area contributed by atoms with Gasteiger partial charge in [0.15, 0.2) is 6.61 Å². The van der Waals surface area contributed by atoms with Gasteiger partial charge in [0.2, 0.25) is 5.91 Å². The highest BCUT2D eigenvalue weighted by Gasteiger charge is 2.27. The first-order chi connectivity index (χ1) is 9.76. The van der Waals surface area contributed by atoms with Crippen LogP contribution >= 0.6 is 0 Å². The molecule has 9 heteroatoms. The lowest BCUT2D eigenvalue weighted by Crippen LogP contribution is -2.24. The number of alkyl halides is 3. The summed E-state index contributed by atoms with van der Waals surface area (Å²) >= 11 is 0. The number of benzene rings is 1. The third-order valence-corrected chi connectivity index (χ3v) is 2.02. The van der Waals surface area contributed by atoms with Crippen LogP contribution in [0.4, 0.5) is 18.9 Å². The summed E-state index contributed by atoms with van der Waals surface area (Å²) in [6.07, 6.45) is -4.47. The average molecular weight is 306 g/mol. The standard InChI is InChI=1S/C12H13F3N2O4/c13-12(14,15)7-20-6-11(19)17-8-1-3-9(4-2-8)21-5-10(16)18/h1-4H,5-7H2,(H2,16,18)(H,17,19). The van der Waals surface area contributed by atoms with Gasteiger partial charge in [-0.3, -0.25) is 9.59 Å². The van der Waals surface area contributed by atoms with Crippen LogP contribution in [-0.4, -0.2) is 37.8 Å². The van der Waals surface area contributed by atoms with E-state index in [0.29, 0.717) is 11.4 Å². The lowest BCUT2D eigenvalue weighted by molar-refractivity contribution is -0.174. The minimum atomic E-state index is -4.47. The maximum Gasteiger partial charge on any atom is 0.411 e. The maximum absolute atomic E-state index is 11.8. The van der Waals surface area contributed by atoms with Gasteiger partial charge in [-0.15, -0.1) is 0 Å². The maximum atomic E-state index is 11.8. The topological polar surface area (TPSA) is 90.7 Å². The first kappa shape index (κ1) is 16.8. The number of hydrogen-bond donors (Lipinski definition) is 2. The van der Waals surface area contributed by atoms with Gasteiger partial charge in [0.25, 0.3) is 5.91 Å². The molecule has 0 aromatic heterocycles. The van der Waals surface area contributed by atoms with E-state index in [9.17, 15) is 22.8 Å². The van der Waals surface area contributed by atoms with Crippen LogP contribution in [0.5, 0.6) is 5.75 Å². The Labute approximate surface area is 118 Å². The smallest absolute Gasteiger partial charge is 0.411 e. The minimum absolute atomic E-state index is 0.281. The van der Waals surface area contributed by atoms with E-state index in [1.807, 2.05) is 0 Å². The van der Waals surface area contributed by atoms with Gasteiger partial charge in [0, 0.05) is 5.69 Å². The van der Waals surface area contributed by atoms with Gasteiger partial charge in [-0.1, -0.05) is 0 Å². The molecule has 2 amide bonds. The van der Waals surface area contributed by atoms with Crippen molar-refractivity contribution in [3.8, 4) is 5.75 Å². The van der Waals surface area contributed by atoms with E-state index in [0.717, 1.165) is 0 Å². The van der Waals surface area contributed by atoms with Crippen LogP contribution in [0.15, 0.2) is 24.3 Å². The zero-order valence-corrected chi connectivity index (χ0v) is 10.8. The summed E-state index contributed by atoms with van der Waals surface area (Å²) in [7, 11) is 0. The molecule has 0 radical (unpaired) electrons. The number of carbonyl (C=O) groups is 2. The van der Waals surface area contributed by atoms with Gasteiger partial charge in [0.05, 0.1) is 0 Å². The van der Waals surface area contributed by atoms with E-state index in [4.69, 9.17) is 10.5 Å². The number of nitrogens with two attached hydrogens (primary N) is 1. The van der Waals surface area contributed by atoms with Gasteiger partial charge >= 0.3 is 6.18 Å². The van der Waals surface area contributed by atoms with Gasteiger partial charge < -0.3 is 20.5 Å². The molecular weight excluding hydrogens is 293 g/mol. The number of hydrogen-bond acceptors (Lipinski definition) is 4. The van der Waals surface area contributed by atoms with E-state index in [1.54, 1.807) is 0 Å². The van der Waals surface area contributed by atoms with Crippen molar-refractivity contribution in [2.75, 3.05) is 25.1 Å². The summed E-state index contributed by atoms with van der Waals surface area (Å²) in [6.45, 7) is -2.48. The normalized spacial score (nSPS) is 11.0. The van der Waals surface area contributed by atoms with Crippen LogP contribution in [-0.2, 0) is 14.3 Å². The summed E-state index contributed by atoms with van der Waals surface area (Å²) in [5, 5.41) is 2.34. The molecule has 1 aromatic carbocycles. The second kappa shape index (κ2) is 7.48. The van der Waals surface area contributed by atoms with E-state index in [1.165, 1.54) is 24.3 Å². The zero-order valence-electron chi connectivity index (χ0n) is 10.8. The molecule has 6 nitrogen and oxygen atoms in total. The third kappa shape index (κ3) is 7.78.